The molecule has 0 saturated carbocycles. The number of sulfonamides is 1. The Hall–Kier alpha value is -4.96. The van der Waals surface area contributed by atoms with Crippen LogP contribution in [0.1, 0.15) is 24.7 Å². The number of pyridine rings is 1. The van der Waals surface area contributed by atoms with E-state index >= 15 is 0 Å². The van der Waals surface area contributed by atoms with Crippen LogP contribution in [0.5, 0.6) is 5.75 Å². The van der Waals surface area contributed by atoms with Gasteiger partial charge in [-0.2, -0.15) is 5.26 Å². The van der Waals surface area contributed by atoms with Crippen molar-refractivity contribution < 1.29 is 22.7 Å². The Morgan fingerprint density at radius 3 is 2.59 bits per heavy atom. The highest BCUT2D eigenvalue weighted by Gasteiger charge is 2.28. The van der Waals surface area contributed by atoms with Crippen molar-refractivity contribution in [1.82, 2.24) is 19.7 Å². The van der Waals surface area contributed by atoms with Gasteiger partial charge in [0, 0.05) is 30.4 Å². The summed E-state index contributed by atoms with van der Waals surface area (Å²) in [6, 6.07) is 18.2. The maximum absolute atomic E-state index is 13.2. The summed E-state index contributed by atoms with van der Waals surface area (Å²) < 4.78 is 30.3. The Labute approximate surface area is 224 Å². The summed E-state index contributed by atoms with van der Waals surface area (Å²) in [5.74, 6) is 0.357. The van der Waals surface area contributed by atoms with Gasteiger partial charge in [-0.25, -0.2) is 23.2 Å². The fourth-order valence-electron chi connectivity index (χ4n) is 3.79. The molecule has 39 heavy (non-hydrogen) atoms. The summed E-state index contributed by atoms with van der Waals surface area (Å²) in [5.41, 5.74) is 2.71. The molecule has 0 aliphatic rings. The first-order chi connectivity index (χ1) is 18.6. The van der Waals surface area contributed by atoms with Crippen LogP contribution in [0, 0.1) is 11.3 Å². The molecule has 1 unspecified atom stereocenters. The zero-order valence-electron chi connectivity index (χ0n) is 21.1. The molecule has 2 aromatic carbocycles. The van der Waals surface area contributed by atoms with Gasteiger partial charge >= 0.3 is 6.09 Å². The van der Waals surface area contributed by atoms with E-state index in [1.165, 1.54) is 11.1 Å². The van der Waals surface area contributed by atoms with E-state index in [9.17, 15) is 18.0 Å². The van der Waals surface area contributed by atoms with Crippen LogP contribution in [0.4, 0.5) is 16.3 Å². The van der Waals surface area contributed by atoms with E-state index in [-0.39, 0.29) is 18.0 Å². The van der Waals surface area contributed by atoms with E-state index in [0.717, 1.165) is 11.9 Å². The summed E-state index contributed by atoms with van der Waals surface area (Å²) in [7, 11) is -3.75. The number of hydrogen-bond donors (Lipinski definition) is 3. The quantitative estimate of drug-likeness (QED) is 0.284. The first-order valence-corrected chi connectivity index (χ1v) is 13.7. The molecular weight excluding hydrogens is 522 g/mol. The van der Waals surface area contributed by atoms with Gasteiger partial charge in [0.15, 0.2) is 0 Å². The molecular formula is C26H25N7O5S. The minimum Gasteiger partial charge on any atom is -0.410 e. The number of nitriles is 1. The number of carbonyl (C=O) groups excluding carboxylic acids is 2. The number of ether oxygens (including phenoxy) is 1. The monoisotopic (exact) mass is 547 g/mol. The highest BCUT2D eigenvalue weighted by molar-refractivity contribution is 7.89. The highest BCUT2D eigenvalue weighted by Crippen LogP contribution is 2.23. The molecule has 0 fully saturated rings. The average Bonchev–Trinajstić information content (AvgIpc) is 3.29. The van der Waals surface area contributed by atoms with Crippen molar-refractivity contribution >= 4 is 44.6 Å². The van der Waals surface area contributed by atoms with E-state index in [1.807, 2.05) is 4.72 Å². The fourth-order valence-corrected chi connectivity index (χ4v) is 4.29. The van der Waals surface area contributed by atoms with E-state index in [4.69, 9.17) is 10.00 Å². The SMILES string of the molecule is CC(CC(=O)NS(C)(=O)=O)N(C(=O)Oc1ccc2nc(CNc3ccc(C#N)cc3)[nH]c2c1)c1ccccn1. The third-order valence-corrected chi connectivity index (χ3v) is 6.09. The zero-order valence-corrected chi connectivity index (χ0v) is 21.9. The van der Waals surface area contributed by atoms with E-state index < -0.39 is 28.1 Å². The van der Waals surface area contributed by atoms with Gasteiger partial charge in [0.05, 0.1) is 35.5 Å². The maximum atomic E-state index is 13.2. The Morgan fingerprint density at radius 2 is 1.92 bits per heavy atom. The molecule has 4 rings (SSSR count). The van der Waals surface area contributed by atoms with E-state index in [0.29, 0.717) is 29.0 Å². The van der Waals surface area contributed by atoms with E-state index in [2.05, 4.69) is 26.3 Å². The number of imidazole rings is 1. The van der Waals surface area contributed by atoms with Gasteiger partial charge in [0.25, 0.3) is 0 Å². The average molecular weight is 548 g/mol. The highest BCUT2D eigenvalue weighted by atomic mass is 32.2. The summed E-state index contributed by atoms with van der Waals surface area (Å²) in [4.78, 5) is 38.5. The summed E-state index contributed by atoms with van der Waals surface area (Å²) in [6.07, 6.45) is 1.27. The lowest BCUT2D eigenvalue weighted by molar-refractivity contribution is -0.119. The van der Waals surface area contributed by atoms with E-state index in [1.54, 1.807) is 67.6 Å². The zero-order chi connectivity index (χ0) is 28.0. The molecule has 0 aliphatic carbocycles. The van der Waals surface area contributed by atoms with Crippen LogP contribution in [0.15, 0.2) is 66.9 Å². The lowest BCUT2D eigenvalue weighted by Gasteiger charge is -2.27. The van der Waals surface area contributed by atoms with Crippen molar-refractivity contribution in [2.45, 2.75) is 25.9 Å². The summed E-state index contributed by atoms with van der Waals surface area (Å²) in [6.45, 7) is 1.99. The molecule has 0 spiro atoms. The third kappa shape index (κ3) is 7.30. The second-order valence-corrected chi connectivity index (χ2v) is 10.4. The molecule has 12 nitrogen and oxygen atoms in total. The van der Waals surface area contributed by atoms with Gasteiger partial charge in [0.2, 0.25) is 15.9 Å². The van der Waals surface area contributed by atoms with Crippen molar-refractivity contribution in [3.05, 3.63) is 78.2 Å². The number of aromatic amines is 1. The standard InChI is InChI=1S/C26H25N7O5S/c1-17(13-25(34)32-39(2,36)37)33(24-5-3-4-12-28-24)26(35)38-20-10-11-21-22(14-20)31-23(30-21)16-29-19-8-6-18(15-27)7-9-19/h3-12,14,17,29H,13,16H2,1-2H3,(H,30,31)(H,32,34). The van der Waals surface area contributed by atoms with Crippen LogP contribution in [-0.2, 0) is 21.4 Å². The first-order valence-electron chi connectivity index (χ1n) is 11.8. The van der Waals surface area contributed by atoms with Crippen LogP contribution in [-0.4, -0.2) is 47.7 Å². The summed E-state index contributed by atoms with van der Waals surface area (Å²) >= 11 is 0. The molecule has 0 saturated heterocycles. The molecule has 2 heterocycles. The molecule has 200 valence electrons. The van der Waals surface area contributed by atoms with Crippen molar-refractivity contribution in [3.8, 4) is 11.8 Å². The number of benzene rings is 2. The smallest absolute Gasteiger partial charge is 0.410 e. The minimum absolute atomic E-state index is 0.233. The van der Waals surface area contributed by atoms with Gasteiger partial charge in [-0.15, -0.1) is 0 Å². The molecule has 13 heteroatoms. The topological polar surface area (TPSA) is 170 Å². The second kappa shape index (κ2) is 11.6. The number of aromatic nitrogens is 3. The minimum atomic E-state index is -3.75. The number of amides is 2. The number of rotatable bonds is 9. The van der Waals surface area contributed by atoms with Crippen molar-refractivity contribution in [1.29, 1.82) is 5.26 Å². The third-order valence-electron chi connectivity index (χ3n) is 5.50. The molecule has 2 amide bonds. The van der Waals surface area contributed by atoms with Gasteiger partial charge in [-0.3, -0.25) is 14.4 Å². The van der Waals surface area contributed by atoms with Crippen LogP contribution in [0.2, 0.25) is 0 Å². The second-order valence-electron chi connectivity index (χ2n) is 8.68. The van der Waals surface area contributed by atoms with Gasteiger partial charge in [0.1, 0.15) is 17.4 Å². The fraction of sp³-hybridized carbons (Fsp3) is 0.192. The Morgan fingerprint density at radius 1 is 1.15 bits per heavy atom. The van der Waals surface area contributed by atoms with Crippen molar-refractivity contribution in [2.75, 3.05) is 16.5 Å². The predicted molar refractivity (Wildman–Crippen MR) is 144 cm³/mol. The Bertz CT molecular complexity index is 1630. The molecule has 2 aromatic heterocycles. The van der Waals surface area contributed by atoms with Crippen molar-refractivity contribution in [2.24, 2.45) is 0 Å². The molecule has 0 radical (unpaired) electrons. The Kier molecular flexibility index (Phi) is 8.07. The normalized spacial score (nSPS) is 11.8. The van der Waals surface area contributed by atoms with Gasteiger partial charge in [-0.1, -0.05) is 6.07 Å². The molecule has 4 aromatic rings. The molecule has 0 aliphatic heterocycles. The van der Waals surface area contributed by atoms with Crippen LogP contribution >= 0.6 is 0 Å². The van der Waals surface area contributed by atoms with Gasteiger partial charge in [-0.05, 0) is 55.5 Å². The number of nitrogens with zero attached hydrogens (tertiary/aromatic N) is 4. The number of hydrogen-bond acceptors (Lipinski definition) is 9. The number of fused-ring (bicyclic) bond motifs is 1. The maximum Gasteiger partial charge on any atom is 0.421 e. The van der Waals surface area contributed by atoms with Crippen LogP contribution in [0.3, 0.4) is 0 Å². The lowest BCUT2D eigenvalue weighted by atomic mass is 10.2. The van der Waals surface area contributed by atoms with Gasteiger partial charge < -0.3 is 15.0 Å². The molecule has 3 N–H and O–H groups in total. The number of carbonyl (C=O) groups is 2. The van der Waals surface area contributed by atoms with Crippen molar-refractivity contribution in [3.63, 3.8) is 0 Å². The Balaban J connectivity index is 1.48. The number of anilines is 2. The van der Waals surface area contributed by atoms with Crippen LogP contribution < -0.4 is 19.7 Å². The predicted octanol–water partition coefficient (Wildman–Crippen LogP) is 3.30. The largest absolute Gasteiger partial charge is 0.421 e. The number of H-pyrrole nitrogens is 1. The lowest BCUT2D eigenvalue weighted by Crippen LogP contribution is -2.44. The first kappa shape index (κ1) is 27.1. The summed E-state index contributed by atoms with van der Waals surface area (Å²) in [5, 5.41) is 12.1. The number of nitrogens with one attached hydrogen (secondary N) is 3. The van der Waals surface area contributed by atoms with Crippen LogP contribution in [0.25, 0.3) is 11.0 Å². The molecule has 0 bridgehead atoms. The molecule has 1 atom stereocenters.